The van der Waals surface area contributed by atoms with E-state index in [2.05, 4.69) is 11.4 Å². The molecule has 1 N–H and O–H groups in total. The highest BCUT2D eigenvalue weighted by Crippen LogP contribution is 2.31. The van der Waals surface area contributed by atoms with Crippen LogP contribution < -0.4 is 19.5 Å². The number of methoxy groups -OCH3 is 2. The first-order valence-electron chi connectivity index (χ1n) is 8.48. The molecule has 1 fully saturated rings. The minimum absolute atomic E-state index is 0.594. The molecule has 1 aliphatic heterocycles. The van der Waals surface area contributed by atoms with Crippen LogP contribution >= 0.6 is 0 Å². The van der Waals surface area contributed by atoms with Crippen molar-refractivity contribution in [1.82, 2.24) is 5.32 Å². The van der Waals surface area contributed by atoms with Gasteiger partial charge in [-0.05, 0) is 61.2 Å². The molecule has 3 rings (SSSR count). The Kier molecular flexibility index (Phi) is 5.59. The Balaban J connectivity index is 1.71. The number of hydrogen-bond acceptors (Lipinski definition) is 4. The van der Waals surface area contributed by atoms with Crippen LogP contribution in [0, 0.1) is 0 Å². The van der Waals surface area contributed by atoms with E-state index >= 15 is 0 Å². The van der Waals surface area contributed by atoms with Crippen LogP contribution in [0.1, 0.15) is 19.3 Å². The Hall–Kier alpha value is -2.20. The van der Waals surface area contributed by atoms with Gasteiger partial charge in [-0.3, -0.25) is 0 Å². The van der Waals surface area contributed by atoms with Crippen LogP contribution in [0.3, 0.4) is 0 Å². The first-order chi connectivity index (χ1) is 11.8. The van der Waals surface area contributed by atoms with Crippen LogP contribution in [0.15, 0.2) is 42.5 Å². The van der Waals surface area contributed by atoms with Crippen LogP contribution in [0.4, 0.5) is 0 Å². The van der Waals surface area contributed by atoms with Crippen LogP contribution in [-0.4, -0.2) is 33.4 Å². The van der Waals surface area contributed by atoms with E-state index in [1.165, 1.54) is 12.8 Å². The standard InChI is InChI=1S/C20H25NO3/c1-22-18-7-5-15(6-8-18)16-12-19(23-2)14-20(13-16)24-11-9-17-4-3-10-21-17/h5-8,12-14,17,21H,3-4,9-11H2,1-2H3. The van der Waals surface area contributed by atoms with Crippen molar-refractivity contribution in [2.75, 3.05) is 27.4 Å². The third kappa shape index (κ3) is 4.20. The Morgan fingerprint density at radius 1 is 0.917 bits per heavy atom. The van der Waals surface area contributed by atoms with Crippen molar-refractivity contribution in [3.8, 4) is 28.4 Å². The third-order valence-corrected chi connectivity index (χ3v) is 4.44. The fourth-order valence-corrected chi connectivity index (χ4v) is 3.05. The Morgan fingerprint density at radius 2 is 1.67 bits per heavy atom. The van der Waals surface area contributed by atoms with E-state index in [0.717, 1.165) is 41.3 Å². The summed E-state index contributed by atoms with van der Waals surface area (Å²) in [6.07, 6.45) is 3.55. The summed E-state index contributed by atoms with van der Waals surface area (Å²) in [5, 5.41) is 3.50. The van der Waals surface area contributed by atoms with Gasteiger partial charge in [-0.2, -0.15) is 0 Å². The lowest BCUT2D eigenvalue weighted by atomic mass is 10.0. The lowest BCUT2D eigenvalue weighted by Gasteiger charge is -2.13. The van der Waals surface area contributed by atoms with Gasteiger partial charge in [-0.1, -0.05) is 12.1 Å². The van der Waals surface area contributed by atoms with Gasteiger partial charge in [0.05, 0.1) is 20.8 Å². The van der Waals surface area contributed by atoms with Crippen molar-refractivity contribution in [1.29, 1.82) is 0 Å². The Labute approximate surface area is 143 Å². The molecule has 0 saturated carbocycles. The highest BCUT2D eigenvalue weighted by atomic mass is 16.5. The molecular weight excluding hydrogens is 302 g/mol. The first-order valence-corrected chi connectivity index (χ1v) is 8.48. The summed E-state index contributed by atoms with van der Waals surface area (Å²) < 4.78 is 16.6. The topological polar surface area (TPSA) is 39.7 Å². The van der Waals surface area contributed by atoms with E-state index < -0.39 is 0 Å². The number of benzene rings is 2. The van der Waals surface area contributed by atoms with Gasteiger partial charge in [-0.15, -0.1) is 0 Å². The summed E-state index contributed by atoms with van der Waals surface area (Å²) >= 11 is 0. The summed E-state index contributed by atoms with van der Waals surface area (Å²) in [6.45, 7) is 1.85. The molecule has 1 saturated heterocycles. The molecule has 2 aromatic carbocycles. The summed E-state index contributed by atoms with van der Waals surface area (Å²) in [5.41, 5.74) is 2.18. The molecule has 4 nitrogen and oxygen atoms in total. The van der Waals surface area contributed by atoms with E-state index in [9.17, 15) is 0 Å². The molecule has 0 aliphatic carbocycles. The van der Waals surface area contributed by atoms with E-state index in [0.29, 0.717) is 12.6 Å². The highest BCUT2D eigenvalue weighted by Gasteiger charge is 2.13. The maximum Gasteiger partial charge on any atom is 0.123 e. The van der Waals surface area contributed by atoms with Gasteiger partial charge in [0.25, 0.3) is 0 Å². The van der Waals surface area contributed by atoms with E-state index in [-0.39, 0.29) is 0 Å². The monoisotopic (exact) mass is 327 g/mol. The molecule has 0 aromatic heterocycles. The molecule has 1 atom stereocenters. The zero-order chi connectivity index (χ0) is 16.8. The van der Waals surface area contributed by atoms with E-state index in [4.69, 9.17) is 14.2 Å². The van der Waals surface area contributed by atoms with Crippen molar-refractivity contribution < 1.29 is 14.2 Å². The largest absolute Gasteiger partial charge is 0.497 e. The molecule has 1 heterocycles. The molecule has 1 unspecified atom stereocenters. The van der Waals surface area contributed by atoms with Crippen LogP contribution in [0.2, 0.25) is 0 Å². The summed E-state index contributed by atoms with van der Waals surface area (Å²) in [7, 11) is 3.35. The summed E-state index contributed by atoms with van der Waals surface area (Å²) in [4.78, 5) is 0. The number of rotatable bonds is 7. The number of ether oxygens (including phenoxy) is 3. The van der Waals surface area contributed by atoms with Crippen LogP contribution in [0.5, 0.6) is 17.2 Å². The lowest BCUT2D eigenvalue weighted by molar-refractivity contribution is 0.290. The smallest absolute Gasteiger partial charge is 0.123 e. The summed E-state index contributed by atoms with van der Waals surface area (Å²) in [5.74, 6) is 2.50. The van der Waals surface area contributed by atoms with Gasteiger partial charge >= 0.3 is 0 Å². The lowest BCUT2D eigenvalue weighted by Crippen LogP contribution is -2.23. The minimum Gasteiger partial charge on any atom is -0.497 e. The van der Waals surface area contributed by atoms with Crippen molar-refractivity contribution in [2.45, 2.75) is 25.3 Å². The molecule has 128 valence electrons. The molecule has 4 heteroatoms. The average molecular weight is 327 g/mol. The minimum atomic E-state index is 0.594. The third-order valence-electron chi connectivity index (χ3n) is 4.44. The SMILES string of the molecule is COc1ccc(-c2cc(OC)cc(OCCC3CCCN3)c2)cc1. The fourth-order valence-electron chi connectivity index (χ4n) is 3.05. The molecule has 0 spiro atoms. The number of nitrogens with one attached hydrogen (secondary N) is 1. The van der Waals surface area contributed by atoms with Gasteiger partial charge in [0.2, 0.25) is 0 Å². The Bertz CT molecular complexity index is 648. The van der Waals surface area contributed by atoms with Crippen molar-refractivity contribution >= 4 is 0 Å². The van der Waals surface area contributed by atoms with E-state index in [1.807, 2.05) is 36.4 Å². The predicted molar refractivity (Wildman–Crippen MR) is 96.1 cm³/mol. The van der Waals surface area contributed by atoms with Gasteiger partial charge in [0.1, 0.15) is 17.2 Å². The van der Waals surface area contributed by atoms with Gasteiger partial charge in [0.15, 0.2) is 0 Å². The zero-order valence-electron chi connectivity index (χ0n) is 14.4. The van der Waals surface area contributed by atoms with Gasteiger partial charge < -0.3 is 19.5 Å². The second-order valence-corrected chi connectivity index (χ2v) is 6.06. The highest BCUT2D eigenvalue weighted by molar-refractivity contribution is 5.67. The maximum absolute atomic E-state index is 5.97. The zero-order valence-corrected chi connectivity index (χ0v) is 14.4. The molecule has 2 aromatic rings. The van der Waals surface area contributed by atoms with Crippen LogP contribution in [0.25, 0.3) is 11.1 Å². The molecule has 0 bridgehead atoms. The maximum atomic E-state index is 5.97. The van der Waals surface area contributed by atoms with Crippen LogP contribution in [-0.2, 0) is 0 Å². The molecule has 0 amide bonds. The predicted octanol–water partition coefficient (Wildman–Crippen LogP) is 3.89. The normalized spacial score (nSPS) is 16.8. The number of hydrogen-bond donors (Lipinski definition) is 1. The average Bonchev–Trinajstić information content (AvgIpc) is 3.15. The van der Waals surface area contributed by atoms with Crippen molar-refractivity contribution in [2.24, 2.45) is 0 Å². The first kappa shape index (κ1) is 16.7. The fraction of sp³-hybridized carbons (Fsp3) is 0.400. The van der Waals surface area contributed by atoms with E-state index in [1.54, 1.807) is 14.2 Å². The summed E-state index contributed by atoms with van der Waals surface area (Å²) in [6, 6.07) is 14.6. The molecule has 24 heavy (non-hydrogen) atoms. The van der Waals surface area contributed by atoms with Gasteiger partial charge in [-0.25, -0.2) is 0 Å². The van der Waals surface area contributed by atoms with Crippen molar-refractivity contribution in [3.63, 3.8) is 0 Å². The second kappa shape index (κ2) is 8.06. The quantitative estimate of drug-likeness (QED) is 0.837. The van der Waals surface area contributed by atoms with Crippen molar-refractivity contribution in [3.05, 3.63) is 42.5 Å². The molecular formula is C20H25NO3. The van der Waals surface area contributed by atoms with Gasteiger partial charge in [0, 0.05) is 12.1 Å². The Morgan fingerprint density at radius 3 is 2.33 bits per heavy atom. The second-order valence-electron chi connectivity index (χ2n) is 6.06. The molecule has 1 aliphatic rings. The molecule has 0 radical (unpaired) electrons.